The van der Waals surface area contributed by atoms with Crippen molar-refractivity contribution in [3.63, 3.8) is 0 Å². The minimum atomic E-state index is 0.0390. The van der Waals surface area contributed by atoms with Gasteiger partial charge in [-0.25, -0.2) is 0 Å². The number of aliphatic hydroxyl groups is 1. The molecule has 0 unspecified atom stereocenters. The van der Waals surface area contributed by atoms with Gasteiger partial charge < -0.3 is 14.6 Å². The molecule has 0 radical (unpaired) electrons. The van der Waals surface area contributed by atoms with E-state index in [4.69, 9.17) is 14.6 Å². The monoisotopic (exact) mass is 272 g/mol. The summed E-state index contributed by atoms with van der Waals surface area (Å²) in [6.45, 7) is 4.74. The predicted molar refractivity (Wildman–Crippen MR) is 79.4 cm³/mol. The lowest BCUT2D eigenvalue weighted by atomic mass is 10.1. The number of hydrogen-bond donors (Lipinski definition) is 1. The van der Waals surface area contributed by atoms with Crippen molar-refractivity contribution in [3.05, 3.63) is 53.6 Å². The molecule has 0 aliphatic rings. The molecule has 0 saturated heterocycles. The molecule has 3 heteroatoms. The fourth-order valence-electron chi connectivity index (χ4n) is 1.91. The van der Waals surface area contributed by atoms with Crippen LogP contribution >= 0.6 is 0 Å². The molecule has 2 aromatic carbocycles. The van der Waals surface area contributed by atoms with Crippen LogP contribution in [0.25, 0.3) is 0 Å². The minimum absolute atomic E-state index is 0.0390. The maximum Gasteiger partial charge on any atom is 0.169 e. The van der Waals surface area contributed by atoms with Crippen molar-refractivity contribution in [2.24, 2.45) is 0 Å². The Kier molecular flexibility index (Phi) is 5.02. The lowest BCUT2D eigenvalue weighted by Gasteiger charge is -2.13. The summed E-state index contributed by atoms with van der Waals surface area (Å²) in [4.78, 5) is 0. The first kappa shape index (κ1) is 14.4. The first-order valence-electron chi connectivity index (χ1n) is 6.84. The van der Waals surface area contributed by atoms with Gasteiger partial charge in [0.1, 0.15) is 5.75 Å². The lowest BCUT2D eigenvalue weighted by Crippen LogP contribution is -1.98. The Labute approximate surface area is 119 Å². The Morgan fingerprint density at radius 1 is 1.00 bits per heavy atom. The van der Waals surface area contributed by atoms with Crippen LogP contribution in [-0.2, 0) is 6.61 Å². The second-order valence-electron chi connectivity index (χ2n) is 4.66. The number of aliphatic hydroxyl groups excluding tert-OH is 1. The minimum Gasteiger partial charge on any atom is -0.490 e. The molecule has 0 spiro atoms. The van der Waals surface area contributed by atoms with E-state index in [1.54, 1.807) is 0 Å². The average molecular weight is 272 g/mol. The van der Waals surface area contributed by atoms with Crippen LogP contribution in [0.4, 0.5) is 0 Å². The summed E-state index contributed by atoms with van der Waals surface area (Å²) >= 11 is 0. The summed E-state index contributed by atoms with van der Waals surface area (Å²) in [5.41, 5.74) is 1.87. The Bertz CT molecular complexity index is 564. The molecule has 0 amide bonds. The smallest absolute Gasteiger partial charge is 0.169 e. The zero-order valence-electron chi connectivity index (χ0n) is 11.9. The van der Waals surface area contributed by atoms with Gasteiger partial charge in [-0.05, 0) is 42.7 Å². The fourth-order valence-corrected chi connectivity index (χ4v) is 1.91. The van der Waals surface area contributed by atoms with Gasteiger partial charge >= 0.3 is 0 Å². The third-order valence-electron chi connectivity index (χ3n) is 2.95. The van der Waals surface area contributed by atoms with E-state index in [-0.39, 0.29) is 6.61 Å². The highest BCUT2D eigenvalue weighted by Gasteiger charge is 2.07. The van der Waals surface area contributed by atoms with Crippen molar-refractivity contribution in [2.75, 3.05) is 6.61 Å². The van der Waals surface area contributed by atoms with Gasteiger partial charge in [-0.15, -0.1) is 0 Å². The van der Waals surface area contributed by atoms with Gasteiger partial charge in [0.15, 0.2) is 11.5 Å². The van der Waals surface area contributed by atoms with Crippen LogP contribution in [0.5, 0.6) is 17.2 Å². The average Bonchev–Trinajstić information content (AvgIpc) is 2.48. The molecule has 0 saturated carbocycles. The number of aryl methyl sites for hydroxylation is 1. The molecule has 0 atom stereocenters. The zero-order valence-corrected chi connectivity index (χ0v) is 11.9. The van der Waals surface area contributed by atoms with E-state index < -0.39 is 0 Å². The normalized spacial score (nSPS) is 10.3. The molecule has 20 heavy (non-hydrogen) atoms. The molecular weight excluding hydrogens is 252 g/mol. The molecule has 0 aliphatic heterocycles. The Hall–Kier alpha value is -2.00. The Balaban J connectivity index is 2.21. The van der Waals surface area contributed by atoms with Crippen molar-refractivity contribution in [3.8, 4) is 17.2 Å². The van der Waals surface area contributed by atoms with E-state index in [9.17, 15) is 0 Å². The van der Waals surface area contributed by atoms with E-state index in [1.807, 2.05) is 49.4 Å². The maximum atomic E-state index is 9.12. The molecule has 2 rings (SSSR count). The molecular formula is C17H20O3. The SMILES string of the molecule is CCCOc1ccccc1Oc1ccc(CO)cc1C. The van der Waals surface area contributed by atoms with E-state index in [2.05, 4.69) is 6.92 Å². The Morgan fingerprint density at radius 3 is 2.40 bits per heavy atom. The highest BCUT2D eigenvalue weighted by atomic mass is 16.5. The van der Waals surface area contributed by atoms with Gasteiger partial charge in [-0.3, -0.25) is 0 Å². The summed E-state index contributed by atoms with van der Waals surface area (Å²) in [7, 11) is 0. The number of benzene rings is 2. The summed E-state index contributed by atoms with van der Waals surface area (Å²) in [5.74, 6) is 2.23. The van der Waals surface area contributed by atoms with Crippen LogP contribution in [-0.4, -0.2) is 11.7 Å². The van der Waals surface area contributed by atoms with Crippen LogP contribution in [0, 0.1) is 6.92 Å². The van der Waals surface area contributed by atoms with Crippen molar-refractivity contribution in [2.45, 2.75) is 26.9 Å². The molecule has 2 aromatic rings. The second-order valence-corrected chi connectivity index (χ2v) is 4.66. The van der Waals surface area contributed by atoms with Gasteiger partial charge in [0.25, 0.3) is 0 Å². The first-order valence-corrected chi connectivity index (χ1v) is 6.84. The highest BCUT2D eigenvalue weighted by molar-refractivity contribution is 5.45. The third kappa shape index (κ3) is 3.52. The van der Waals surface area contributed by atoms with Crippen molar-refractivity contribution >= 4 is 0 Å². The van der Waals surface area contributed by atoms with Gasteiger partial charge in [-0.1, -0.05) is 31.2 Å². The van der Waals surface area contributed by atoms with Gasteiger partial charge in [0, 0.05) is 0 Å². The fraction of sp³-hybridized carbons (Fsp3) is 0.294. The molecule has 0 bridgehead atoms. The number of para-hydroxylation sites is 2. The summed E-state index contributed by atoms with van der Waals surface area (Å²) < 4.78 is 11.6. The van der Waals surface area contributed by atoms with Crippen molar-refractivity contribution < 1.29 is 14.6 Å². The molecule has 0 fully saturated rings. The summed E-state index contributed by atoms with van der Waals surface area (Å²) in [5, 5.41) is 9.12. The van der Waals surface area contributed by atoms with Crippen LogP contribution in [0.1, 0.15) is 24.5 Å². The van der Waals surface area contributed by atoms with Crippen molar-refractivity contribution in [1.29, 1.82) is 0 Å². The van der Waals surface area contributed by atoms with E-state index >= 15 is 0 Å². The molecule has 106 valence electrons. The first-order chi connectivity index (χ1) is 9.74. The summed E-state index contributed by atoms with van der Waals surface area (Å²) in [6, 6.07) is 13.3. The largest absolute Gasteiger partial charge is 0.490 e. The number of rotatable bonds is 6. The third-order valence-corrected chi connectivity index (χ3v) is 2.95. The predicted octanol–water partition coefficient (Wildman–Crippen LogP) is 4.07. The standard InChI is InChI=1S/C17H20O3/c1-3-10-19-16-6-4-5-7-17(16)20-15-9-8-14(12-18)11-13(15)2/h4-9,11,18H,3,10,12H2,1-2H3. The van der Waals surface area contributed by atoms with Crippen LogP contribution in [0.15, 0.2) is 42.5 Å². The molecule has 0 aromatic heterocycles. The van der Waals surface area contributed by atoms with Crippen LogP contribution < -0.4 is 9.47 Å². The van der Waals surface area contributed by atoms with Gasteiger partial charge in [0.2, 0.25) is 0 Å². The quantitative estimate of drug-likeness (QED) is 0.861. The van der Waals surface area contributed by atoms with Gasteiger partial charge in [-0.2, -0.15) is 0 Å². The van der Waals surface area contributed by atoms with E-state index in [1.165, 1.54) is 0 Å². The summed E-state index contributed by atoms with van der Waals surface area (Å²) in [6.07, 6.45) is 0.957. The highest BCUT2D eigenvalue weighted by Crippen LogP contribution is 2.33. The Morgan fingerprint density at radius 2 is 1.75 bits per heavy atom. The topological polar surface area (TPSA) is 38.7 Å². The molecule has 0 aliphatic carbocycles. The number of ether oxygens (including phenoxy) is 2. The van der Waals surface area contributed by atoms with E-state index in [0.717, 1.165) is 29.0 Å². The van der Waals surface area contributed by atoms with Crippen molar-refractivity contribution in [1.82, 2.24) is 0 Å². The van der Waals surface area contributed by atoms with E-state index in [0.29, 0.717) is 12.4 Å². The molecule has 1 N–H and O–H groups in total. The van der Waals surface area contributed by atoms with Crippen LogP contribution in [0.2, 0.25) is 0 Å². The molecule has 0 heterocycles. The number of hydrogen-bond acceptors (Lipinski definition) is 3. The lowest BCUT2D eigenvalue weighted by molar-refractivity contribution is 0.281. The maximum absolute atomic E-state index is 9.12. The van der Waals surface area contributed by atoms with Gasteiger partial charge in [0.05, 0.1) is 13.2 Å². The zero-order chi connectivity index (χ0) is 14.4. The van der Waals surface area contributed by atoms with Crippen LogP contribution in [0.3, 0.4) is 0 Å². The molecule has 3 nitrogen and oxygen atoms in total. The second kappa shape index (κ2) is 6.96.